The molecule has 6 heteroatoms. The third-order valence-corrected chi connectivity index (χ3v) is 3.15. The van der Waals surface area contributed by atoms with E-state index in [1.807, 2.05) is 30.3 Å². The highest BCUT2D eigenvalue weighted by Gasteiger charge is 2.23. The van der Waals surface area contributed by atoms with Crippen LogP contribution in [0, 0.1) is 0 Å². The fourth-order valence-electron chi connectivity index (χ4n) is 1.88. The molecule has 2 aromatic rings. The van der Waals surface area contributed by atoms with Gasteiger partial charge in [-0.25, -0.2) is 0 Å². The van der Waals surface area contributed by atoms with E-state index in [-0.39, 0.29) is 24.2 Å². The van der Waals surface area contributed by atoms with Gasteiger partial charge in [-0.3, -0.25) is 9.59 Å². The molecule has 1 heterocycles. The van der Waals surface area contributed by atoms with Crippen molar-refractivity contribution in [3.8, 4) is 11.3 Å². The van der Waals surface area contributed by atoms with Crippen LogP contribution in [0.5, 0.6) is 0 Å². The largest absolute Gasteiger partial charge is 0.355 e. The predicted octanol–water partition coefficient (Wildman–Crippen LogP) is 1.35. The fourth-order valence-corrected chi connectivity index (χ4v) is 1.88. The zero-order valence-electron chi connectivity index (χ0n) is 11.3. The first-order valence-electron chi connectivity index (χ1n) is 6.82. The highest BCUT2D eigenvalue weighted by atomic mass is 16.5. The van der Waals surface area contributed by atoms with Gasteiger partial charge >= 0.3 is 0 Å². The molecule has 0 saturated heterocycles. The molecule has 1 saturated carbocycles. The van der Waals surface area contributed by atoms with E-state index in [9.17, 15) is 9.59 Å². The highest BCUT2D eigenvalue weighted by Crippen LogP contribution is 2.19. The van der Waals surface area contributed by atoms with E-state index in [1.165, 1.54) is 0 Å². The minimum absolute atomic E-state index is 0.0527. The second-order valence-electron chi connectivity index (χ2n) is 4.97. The smallest absolute Gasteiger partial charge is 0.273 e. The summed E-state index contributed by atoms with van der Waals surface area (Å²) in [7, 11) is 0. The second kappa shape index (κ2) is 5.78. The van der Waals surface area contributed by atoms with Gasteiger partial charge in [0.1, 0.15) is 0 Å². The zero-order valence-corrected chi connectivity index (χ0v) is 11.3. The topological polar surface area (TPSA) is 84.2 Å². The van der Waals surface area contributed by atoms with Crippen molar-refractivity contribution in [2.75, 3.05) is 6.54 Å². The molecule has 1 aromatic carbocycles. The maximum atomic E-state index is 11.9. The number of carbonyl (C=O) groups is 2. The molecule has 0 spiro atoms. The zero-order chi connectivity index (χ0) is 14.7. The first kappa shape index (κ1) is 13.4. The summed E-state index contributed by atoms with van der Waals surface area (Å²) in [6, 6.07) is 11.2. The maximum Gasteiger partial charge on any atom is 0.273 e. The number of rotatable bonds is 5. The average molecular weight is 285 g/mol. The van der Waals surface area contributed by atoms with Crippen molar-refractivity contribution in [3.05, 3.63) is 42.1 Å². The Hall–Kier alpha value is -2.63. The molecule has 0 bridgehead atoms. The van der Waals surface area contributed by atoms with Gasteiger partial charge in [0, 0.05) is 17.7 Å². The molecule has 21 heavy (non-hydrogen) atoms. The molecule has 1 aliphatic rings. The third kappa shape index (κ3) is 3.47. The lowest BCUT2D eigenvalue weighted by molar-refractivity contribution is -0.120. The summed E-state index contributed by atoms with van der Waals surface area (Å²) < 4.78 is 5.14. The van der Waals surface area contributed by atoms with Crippen molar-refractivity contribution in [1.82, 2.24) is 15.8 Å². The van der Waals surface area contributed by atoms with Crippen LogP contribution in [-0.2, 0) is 4.79 Å². The standard InChI is InChI=1S/C15H15N3O3/c19-14(17-11-6-7-11)9-16-15(20)12-8-13(21-18-12)10-4-2-1-3-5-10/h1-5,8,11H,6-7,9H2,(H,16,20)(H,17,19). The Labute approximate surface area is 121 Å². The van der Waals surface area contributed by atoms with Crippen LogP contribution in [0.25, 0.3) is 11.3 Å². The number of nitrogens with one attached hydrogen (secondary N) is 2. The van der Waals surface area contributed by atoms with Crippen molar-refractivity contribution in [3.63, 3.8) is 0 Å². The number of benzene rings is 1. The van der Waals surface area contributed by atoms with Gasteiger partial charge in [0.25, 0.3) is 5.91 Å². The molecule has 0 unspecified atom stereocenters. The van der Waals surface area contributed by atoms with Crippen molar-refractivity contribution >= 4 is 11.8 Å². The number of nitrogens with zero attached hydrogens (tertiary/aromatic N) is 1. The summed E-state index contributed by atoms with van der Waals surface area (Å²) in [5.74, 6) is -0.0901. The van der Waals surface area contributed by atoms with Gasteiger partial charge in [0.2, 0.25) is 5.91 Å². The third-order valence-electron chi connectivity index (χ3n) is 3.15. The van der Waals surface area contributed by atoms with Crippen LogP contribution in [0.4, 0.5) is 0 Å². The first-order valence-corrected chi connectivity index (χ1v) is 6.82. The molecule has 2 N–H and O–H groups in total. The van der Waals surface area contributed by atoms with Gasteiger partial charge in [-0.15, -0.1) is 0 Å². The van der Waals surface area contributed by atoms with E-state index in [4.69, 9.17) is 4.52 Å². The molecule has 108 valence electrons. The summed E-state index contributed by atoms with van der Waals surface area (Å²) in [4.78, 5) is 23.4. The van der Waals surface area contributed by atoms with E-state index in [1.54, 1.807) is 6.07 Å². The van der Waals surface area contributed by atoms with Gasteiger partial charge in [-0.1, -0.05) is 35.5 Å². The molecule has 2 amide bonds. The first-order chi connectivity index (χ1) is 10.2. The number of carbonyl (C=O) groups excluding carboxylic acids is 2. The van der Waals surface area contributed by atoms with Crippen LogP contribution in [-0.4, -0.2) is 29.6 Å². The van der Waals surface area contributed by atoms with Crippen molar-refractivity contribution in [2.45, 2.75) is 18.9 Å². The Morgan fingerprint density at radius 3 is 2.71 bits per heavy atom. The monoisotopic (exact) mass is 285 g/mol. The Balaban J connectivity index is 1.57. The number of hydrogen-bond acceptors (Lipinski definition) is 4. The summed E-state index contributed by atoms with van der Waals surface area (Å²) in [5, 5.41) is 9.04. The van der Waals surface area contributed by atoms with Crippen LogP contribution in [0.15, 0.2) is 40.9 Å². The Morgan fingerprint density at radius 1 is 1.24 bits per heavy atom. The lowest BCUT2D eigenvalue weighted by Crippen LogP contribution is -2.37. The van der Waals surface area contributed by atoms with Crippen LogP contribution < -0.4 is 10.6 Å². The van der Waals surface area contributed by atoms with E-state index in [2.05, 4.69) is 15.8 Å². The van der Waals surface area contributed by atoms with Crippen molar-refractivity contribution < 1.29 is 14.1 Å². The molecule has 1 fully saturated rings. The van der Waals surface area contributed by atoms with Gasteiger partial charge in [0.15, 0.2) is 11.5 Å². The van der Waals surface area contributed by atoms with Crippen LogP contribution in [0.1, 0.15) is 23.3 Å². The predicted molar refractivity (Wildman–Crippen MR) is 75.4 cm³/mol. The molecule has 0 aliphatic heterocycles. The molecule has 0 radical (unpaired) electrons. The SMILES string of the molecule is O=C(CNC(=O)c1cc(-c2ccccc2)on1)NC1CC1. The molecule has 6 nitrogen and oxygen atoms in total. The van der Waals surface area contributed by atoms with Crippen LogP contribution >= 0.6 is 0 Å². The Bertz CT molecular complexity index is 647. The lowest BCUT2D eigenvalue weighted by Gasteiger charge is -2.03. The van der Waals surface area contributed by atoms with Crippen LogP contribution in [0.2, 0.25) is 0 Å². The summed E-state index contributed by atoms with van der Waals surface area (Å²) in [6.45, 7) is -0.0527. The molecule has 0 atom stereocenters. The van der Waals surface area contributed by atoms with Gasteiger partial charge in [-0.05, 0) is 12.8 Å². The van der Waals surface area contributed by atoms with E-state index >= 15 is 0 Å². The molecular formula is C15H15N3O3. The second-order valence-corrected chi connectivity index (χ2v) is 4.97. The van der Waals surface area contributed by atoms with E-state index in [0.717, 1.165) is 18.4 Å². The van der Waals surface area contributed by atoms with Gasteiger partial charge in [-0.2, -0.15) is 0 Å². The van der Waals surface area contributed by atoms with E-state index < -0.39 is 5.91 Å². The minimum Gasteiger partial charge on any atom is -0.355 e. The summed E-state index contributed by atoms with van der Waals surface area (Å²) in [6.07, 6.45) is 2.03. The van der Waals surface area contributed by atoms with Crippen LogP contribution in [0.3, 0.4) is 0 Å². The quantitative estimate of drug-likeness (QED) is 0.868. The number of aromatic nitrogens is 1. The molecule has 1 aliphatic carbocycles. The summed E-state index contributed by atoms with van der Waals surface area (Å²) in [5.41, 5.74) is 1.00. The van der Waals surface area contributed by atoms with Crippen molar-refractivity contribution in [2.24, 2.45) is 0 Å². The van der Waals surface area contributed by atoms with Crippen molar-refractivity contribution in [1.29, 1.82) is 0 Å². The molecular weight excluding hydrogens is 270 g/mol. The highest BCUT2D eigenvalue weighted by molar-refractivity contribution is 5.95. The number of hydrogen-bond donors (Lipinski definition) is 2. The van der Waals surface area contributed by atoms with Gasteiger partial charge < -0.3 is 15.2 Å². The fraction of sp³-hybridized carbons (Fsp3) is 0.267. The maximum absolute atomic E-state index is 11.9. The average Bonchev–Trinajstić information content (AvgIpc) is 3.18. The minimum atomic E-state index is -0.424. The molecule has 3 rings (SSSR count). The summed E-state index contributed by atoms with van der Waals surface area (Å²) >= 11 is 0. The number of amides is 2. The Kier molecular flexibility index (Phi) is 3.68. The lowest BCUT2D eigenvalue weighted by atomic mass is 10.1. The van der Waals surface area contributed by atoms with Gasteiger partial charge in [0.05, 0.1) is 6.54 Å². The van der Waals surface area contributed by atoms with E-state index in [0.29, 0.717) is 5.76 Å². The normalized spacial score (nSPS) is 13.7. The molecule has 1 aromatic heterocycles. The Morgan fingerprint density at radius 2 is 2.00 bits per heavy atom.